The van der Waals surface area contributed by atoms with E-state index in [0.29, 0.717) is 17.8 Å². The smallest absolute Gasteiger partial charge is 0.258 e. The maximum absolute atomic E-state index is 13.9. The zero-order valence-corrected chi connectivity index (χ0v) is 17.1. The molecule has 0 aromatic heterocycles. The Morgan fingerprint density at radius 2 is 1.80 bits per heavy atom. The number of ether oxygens (including phenoxy) is 1. The lowest BCUT2D eigenvalue weighted by atomic mass is 10.1. The Morgan fingerprint density at radius 3 is 2.53 bits per heavy atom. The molecule has 0 bridgehead atoms. The van der Waals surface area contributed by atoms with Crippen molar-refractivity contribution in [3.8, 4) is 5.75 Å². The van der Waals surface area contributed by atoms with Crippen LogP contribution in [-0.2, 0) is 6.54 Å². The quantitative estimate of drug-likeness (QED) is 0.647. The number of halogens is 1. The average molecular weight is 406 g/mol. The number of nitrogens with one attached hydrogen (secondary N) is 1. The lowest BCUT2D eigenvalue weighted by Gasteiger charge is -2.19. The highest BCUT2D eigenvalue weighted by Gasteiger charge is 2.16. The lowest BCUT2D eigenvalue weighted by molar-refractivity contribution is 0.0784. The highest BCUT2D eigenvalue weighted by atomic mass is 19.1. The Balaban J connectivity index is 1.77. The van der Waals surface area contributed by atoms with E-state index in [1.165, 1.54) is 18.2 Å². The first-order valence-electron chi connectivity index (χ1n) is 9.44. The van der Waals surface area contributed by atoms with Gasteiger partial charge in [0.2, 0.25) is 0 Å². The van der Waals surface area contributed by atoms with Gasteiger partial charge in [0, 0.05) is 24.8 Å². The van der Waals surface area contributed by atoms with Crippen LogP contribution < -0.4 is 10.1 Å². The van der Waals surface area contributed by atoms with Crippen LogP contribution in [0.5, 0.6) is 5.75 Å². The largest absolute Gasteiger partial charge is 0.497 e. The van der Waals surface area contributed by atoms with Crippen molar-refractivity contribution in [3.05, 3.63) is 94.8 Å². The van der Waals surface area contributed by atoms with Crippen molar-refractivity contribution in [3.63, 3.8) is 0 Å². The normalized spacial score (nSPS) is 10.4. The topological polar surface area (TPSA) is 58.6 Å². The van der Waals surface area contributed by atoms with E-state index in [-0.39, 0.29) is 11.5 Å². The molecule has 0 aliphatic carbocycles. The molecule has 3 rings (SSSR count). The van der Waals surface area contributed by atoms with Crippen LogP contribution in [0.25, 0.3) is 0 Å². The summed E-state index contributed by atoms with van der Waals surface area (Å²) in [5, 5.41) is 2.70. The first-order valence-corrected chi connectivity index (χ1v) is 9.44. The number of amides is 2. The fourth-order valence-corrected chi connectivity index (χ4v) is 3.06. The number of anilines is 1. The van der Waals surface area contributed by atoms with Gasteiger partial charge in [-0.2, -0.15) is 0 Å². The summed E-state index contributed by atoms with van der Waals surface area (Å²) in [4.78, 5) is 26.9. The van der Waals surface area contributed by atoms with Gasteiger partial charge in [0.1, 0.15) is 11.6 Å². The van der Waals surface area contributed by atoms with E-state index in [1.807, 2.05) is 31.2 Å². The Labute approximate surface area is 175 Å². The number of carbonyl (C=O) groups excluding carboxylic acids is 2. The molecule has 0 spiro atoms. The van der Waals surface area contributed by atoms with Crippen LogP contribution in [0.4, 0.5) is 10.1 Å². The zero-order chi connectivity index (χ0) is 21.7. The number of hydrogen-bond donors (Lipinski definition) is 1. The van der Waals surface area contributed by atoms with Crippen molar-refractivity contribution >= 4 is 17.5 Å². The summed E-state index contributed by atoms with van der Waals surface area (Å²) in [5.41, 5.74) is 2.54. The Hall–Kier alpha value is -3.67. The zero-order valence-electron chi connectivity index (χ0n) is 17.1. The van der Waals surface area contributed by atoms with Gasteiger partial charge in [0.25, 0.3) is 11.8 Å². The predicted octanol–water partition coefficient (Wildman–Crippen LogP) is 4.67. The minimum absolute atomic E-state index is 0.0521. The number of rotatable bonds is 6. The molecule has 2 amide bonds. The number of hydrogen-bond acceptors (Lipinski definition) is 3. The second-order valence-corrected chi connectivity index (χ2v) is 6.98. The lowest BCUT2D eigenvalue weighted by Crippen LogP contribution is -2.26. The van der Waals surface area contributed by atoms with Gasteiger partial charge in [-0.05, 0) is 54.4 Å². The number of methoxy groups -OCH3 is 1. The predicted molar refractivity (Wildman–Crippen MR) is 114 cm³/mol. The third-order valence-corrected chi connectivity index (χ3v) is 4.75. The summed E-state index contributed by atoms with van der Waals surface area (Å²) in [6, 6.07) is 18.3. The van der Waals surface area contributed by atoms with Crippen LogP contribution >= 0.6 is 0 Å². The van der Waals surface area contributed by atoms with Crippen LogP contribution in [0.15, 0.2) is 66.7 Å². The summed E-state index contributed by atoms with van der Waals surface area (Å²) in [6.45, 7) is 2.21. The van der Waals surface area contributed by atoms with E-state index in [2.05, 4.69) is 5.32 Å². The first kappa shape index (κ1) is 21.0. The summed E-state index contributed by atoms with van der Waals surface area (Å²) in [7, 11) is 3.30. The molecule has 3 aromatic rings. The molecule has 6 heteroatoms. The summed E-state index contributed by atoms with van der Waals surface area (Å²) >= 11 is 0. The van der Waals surface area contributed by atoms with E-state index >= 15 is 0 Å². The Kier molecular flexibility index (Phi) is 6.47. The van der Waals surface area contributed by atoms with Gasteiger partial charge in [-0.15, -0.1) is 0 Å². The van der Waals surface area contributed by atoms with Crippen molar-refractivity contribution in [1.29, 1.82) is 0 Å². The van der Waals surface area contributed by atoms with Gasteiger partial charge in [-0.25, -0.2) is 4.39 Å². The minimum Gasteiger partial charge on any atom is -0.497 e. The SMILES string of the molecule is COc1cccc(CN(C)C(=O)c2ccc(C)c(NC(=O)c3ccccc3F)c2)c1. The number of nitrogens with zero attached hydrogens (tertiary/aromatic N) is 1. The first-order chi connectivity index (χ1) is 14.4. The van der Waals surface area contributed by atoms with Gasteiger partial charge >= 0.3 is 0 Å². The van der Waals surface area contributed by atoms with Gasteiger partial charge in [-0.1, -0.05) is 30.3 Å². The average Bonchev–Trinajstić information content (AvgIpc) is 2.75. The fourth-order valence-electron chi connectivity index (χ4n) is 3.06. The molecule has 0 saturated carbocycles. The molecule has 154 valence electrons. The maximum Gasteiger partial charge on any atom is 0.258 e. The molecule has 5 nitrogen and oxygen atoms in total. The van der Waals surface area contributed by atoms with Crippen LogP contribution in [0.3, 0.4) is 0 Å². The van der Waals surface area contributed by atoms with Crippen LogP contribution in [-0.4, -0.2) is 30.9 Å². The molecular formula is C24H23FN2O3. The molecule has 30 heavy (non-hydrogen) atoms. The van der Waals surface area contributed by atoms with Gasteiger partial charge < -0.3 is 15.0 Å². The molecular weight excluding hydrogens is 383 g/mol. The monoisotopic (exact) mass is 406 g/mol. The number of benzene rings is 3. The minimum atomic E-state index is -0.599. The van der Waals surface area contributed by atoms with E-state index in [9.17, 15) is 14.0 Å². The van der Waals surface area contributed by atoms with Gasteiger partial charge in [0.15, 0.2) is 0 Å². The van der Waals surface area contributed by atoms with Crippen molar-refractivity contribution in [2.24, 2.45) is 0 Å². The maximum atomic E-state index is 13.9. The second kappa shape index (κ2) is 9.22. The third-order valence-electron chi connectivity index (χ3n) is 4.75. The molecule has 1 N–H and O–H groups in total. The summed E-state index contributed by atoms with van der Waals surface area (Å²) in [5.74, 6) is -0.635. The standard InChI is InChI=1S/C24H23FN2O3/c1-16-11-12-18(14-22(16)26-23(28)20-9-4-5-10-21(20)25)24(29)27(2)15-17-7-6-8-19(13-17)30-3/h4-14H,15H2,1-3H3,(H,26,28). The van der Waals surface area contributed by atoms with Crippen molar-refractivity contribution in [2.45, 2.75) is 13.5 Å². The highest BCUT2D eigenvalue weighted by molar-refractivity contribution is 6.05. The molecule has 0 aliphatic heterocycles. The molecule has 0 saturated heterocycles. The van der Waals surface area contributed by atoms with E-state index in [4.69, 9.17) is 4.74 Å². The Morgan fingerprint density at radius 1 is 1.03 bits per heavy atom. The number of aryl methyl sites for hydroxylation is 1. The number of carbonyl (C=O) groups is 2. The fraction of sp³-hybridized carbons (Fsp3) is 0.167. The molecule has 0 heterocycles. The molecule has 0 fully saturated rings. The molecule has 0 atom stereocenters. The van der Waals surface area contributed by atoms with Crippen LogP contribution in [0, 0.1) is 12.7 Å². The molecule has 0 unspecified atom stereocenters. The van der Waals surface area contributed by atoms with Gasteiger partial charge in [0.05, 0.1) is 12.7 Å². The van der Waals surface area contributed by atoms with Crippen LogP contribution in [0.1, 0.15) is 31.8 Å². The second-order valence-electron chi connectivity index (χ2n) is 6.98. The molecule has 0 aliphatic rings. The van der Waals surface area contributed by atoms with Crippen molar-refractivity contribution in [1.82, 2.24) is 4.90 Å². The molecule has 3 aromatic carbocycles. The molecule has 0 radical (unpaired) electrons. The van der Waals surface area contributed by atoms with Gasteiger partial charge in [-0.3, -0.25) is 9.59 Å². The van der Waals surface area contributed by atoms with Crippen molar-refractivity contribution < 1.29 is 18.7 Å². The van der Waals surface area contributed by atoms with Crippen LogP contribution in [0.2, 0.25) is 0 Å². The van der Waals surface area contributed by atoms with E-state index in [1.54, 1.807) is 43.3 Å². The third kappa shape index (κ3) is 4.84. The van der Waals surface area contributed by atoms with E-state index in [0.717, 1.165) is 16.9 Å². The highest BCUT2D eigenvalue weighted by Crippen LogP contribution is 2.21. The van der Waals surface area contributed by atoms with Crippen molar-refractivity contribution in [2.75, 3.05) is 19.5 Å². The summed E-state index contributed by atoms with van der Waals surface area (Å²) in [6.07, 6.45) is 0. The van der Waals surface area contributed by atoms with E-state index < -0.39 is 11.7 Å². The summed E-state index contributed by atoms with van der Waals surface area (Å²) < 4.78 is 19.1. The Bertz CT molecular complexity index is 1080.